The molecule has 102 valence electrons. The van der Waals surface area contributed by atoms with Crippen LogP contribution in [0.25, 0.3) is 16.7 Å². The molecule has 0 fully saturated rings. The van der Waals surface area contributed by atoms with Gasteiger partial charge in [0.2, 0.25) is 0 Å². The summed E-state index contributed by atoms with van der Waals surface area (Å²) in [6.07, 6.45) is 0.0695. The zero-order valence-electron chi connectivity index (χ0n) is 11.4. The molecule has 0 saturated carbocycles. The average molecular weight is 268 g/mol. The molecule has 0 saturated heterocycles. The van der Waals surface area contributed by atoms with E-state index in [1.165, 1.54) is 0 Å². The number of rotatable bonds is 3. The molecule has 0 atom stereocenters. The fourth-order valence-electron chi connectivity index (χ4n) is 2.12. The van der Waals surface area contributed by atoms with Gasteiger partial charge in [-0.25, -0.2) is 4.68 Å². The third kappa shape index (κ3) is 2.07. The van der Waals surface area contributed by atoms with Gasteiger partial charge in [0.25, 0.3) is 0 Å². The maximum absolute atomic E-state index is 6.20. The van der Waals surface area contributed by atoms with E-state index in [4.69, 9.17) is 10.5 Å². The normalized spacial score (nSPS) is 11.2. The number of nitrogens with two attached hydrogens (primary N) is 1. The van der Waals surface area contributed by atoms with Crippen LogP contribution in [0.15, 0.2) is 42.5 Å². The Bertz CT molecular complexity index is 748. The Morgan fingerprint density at radius 2 is 1.90 bits per heavy atom. The molecule has 0 unspecified atom stereocenters. The van der Waals surface area contributed by atoms with Crippen molar-refractivity contribution in [3.05, 3.63) is 42.5 Å². The lowest BCUT2D eigenvalue weighted by molar-refractivity contribution is 0.244. The molecule has 1 aromatic heterocycles. The van der Waals surface area contributed by atoms with E-state index in [-0.39, 0.29) is 6.10 Å². The number of nitrogen functional groups attached to an aromatic ring is 1. The van der Waals surface area contributed by atoms with Crippen molar-refractivity contribution in [2.24, 2.45) is 0 Å². The topological polar surface area (TPSA) is 66.0 Å². The Hall–Kier alpha value is -2.56. The summed E-state index contributed by atoms with van der Waals surface area (Å²) in [5, 5.41) is 8.32. The summed E-state index contributed by atoms with van der Waals surface area (Å²) in [7, 11) is 0. The van der Waals surface area contributed by atoms with Gasteiger partial charge in [0.15, 0.2) is 0 Å². The number of benzene rings is 2. The number of anilines is 1. The molecule has 0 bridgehead atoms. The lowest BCUT2D eigenvalue weighted by Crippen LogP contribution is -2.09. The van der Waals surface area contributed by atoms with Crippen molar-refractivity contribution in [1.82, 2.24) is 15.0 Å². The van der Waals surface area contributed by atoms with E-state index in [0.717, 1.165) is 16.7 Å². The van der Waals surface area contributed by atoms with Crippen molar-refractivity contribution in [3.8, 4) is 11.4 Å². The summed E-state index contributed by atoms with van der Waals surface area (Å²) in [6, 6.07) is 13.4. The van der Waals surface area contributed by atoms with Crippen LogP contribution < -0.4 is 10.5 Å². The van der Waals surface area contributed by atoms with Crippen LogP contribution in [0.3, 0.4) is 0 Å². The van der Waals surface area contributed by atoms with Crippen molar-refractivity contribution < 1.29 is 4.74 Å². The van der Waals surface area contributed by atoms with E-state index >= 15 is 0 Å². The van der Waals surface area contributed by atoms with Gasteiger partial charge in [-0.2, -0.15) is 0 Å². The van der Waals surface area contributed by atoms with Crippen molar-refractivity contribution in [1.29, 1.82) is 0 Å². The third-order valence-electron chi connectivity index (χ3n) is 2.99. The number of hydrogen-bond acceptors (Lipinski definition) is 4. The van der Waals surface area contributed by atoms with Gasteiger partial charge in [-0.15, -0.1) is 5.10 Å². The van der Waals surface area contributed by atoms with Crippen LogP contribution in [0.5, 0.6) is 5.75 Å². The zero-order chi connectivity index (χ0) is 14.1. The minimum absolute atomic E-state index is 0.0695. The van der Waals surface area contributed by atoms with Crippen LogP contribution >= 0.6 is 0 Å². The van der Waals surface area contributed by atoms with Gasteiger partial charge in [-0.05, 0) is 38.1 Å². The predicted octanol–water partition coefficient (Wildman–Crippen LogP) is 2.79. The van der Waals surface area contributed by atoms with E-state index in [0.29, 0.717) is 11.4 Å². The number of ether oxygens (including phenoxy) is 1. The van der Waals surface area contributed by atoms with Crippen molar-refractivity contribution >= 4 is 16.7 Å². The minimum Gasteiger partial charge on any atom is -0.489 e. The molecule has 0 spiro atoms. The number of nitrogens with zero attached hydrogens (tertiary/aromatic N) is 3. The molecule has 0 radical (unpaired) electrons. The minimum atomic E-state index is 0.0695. The Morgan fingerprint density at radius 3 is 2.70 bits per heavy atom. The van der Waals surface area contributed by atoms with E-state index in [2.05, 4.69) is 10.3 Å². The van der Waals surface area contributed by atoms with E-state index in [1.807, 2.05) is 56.3 Å². The molecule has 0 aliphatic rings. The first-order valence-electron chi connectivity index (χ1n) is 6.53. The fourth-order valence-corrected chi connectivity index (χ4v) is 2.12. The predicted molar refractivity (Wildman–Crippen MR) is 79.0 cm³/mol. The van der Waals surface area contributed by atoms with Crippen molar-refractivity contribution in [3.63, 3.8) is 0 Å². The molecular formula is C15H16N4O. The second kappa shape index (κ2) is 4.85. The summed E-state index contributed by atoms with van der Waals surface area (Å²) in [6.45, 7) is 3.94. The number of para-hydroxylation sites is 2. The first-order chi connectivity index (χ1) is 9.66. The van der Waals surface area contributed by atoms with Gasteiger partial charge in [0.05, 0.1) is 17.3 Å². The van der Waals surface area contributed by atoms with Gasteiger partial charge in [0, 0.05) is 0 Å². The number of hydrogen-bond donors (Lipinski definition) is 1. The third-order valence-corrected chi connectivity index (χ3v) is 2.99. The van der Waals surface area contributed by atoms with Crippen LogP contribution in [0, 0.1) is 0 Å². The summed E-state index contributed by atoms with van der Waals surface area (Å²) in [4.78, 5) is 0. The highest BCUT2D eigenvalue weighted by molar-refractivity contribution is 5.78. The highest BCUT2D eigenvalue weighted by Gasteiger charge is 2.12. The lowest BCUT2D eigenvalue weighted by atomic mass is 10.2. The molecule has 0 aliphatic carbocycles. The molecule has 2 aromatic carbocycles. The molecule has 3 aromatic rings. The lowest BCUT2D eigenvalue weighted by Gasteiger charge is -2.14. The molecule has 0 amide bonds. The van der Waals surface area contributed by atoms with Crippen LogP contribution in [-0.2, 0) is 0 Å². The van der Waals surface area contributed by atoms with Crippen LogP contribution in [0.1, 0.15) is 13.8 Å². The highest BCUT2D eigenvalue weighted by atomic mass is 16.5. The summed E-state index contributed by atoms with van der Waals surface area (Å²) in [5.41, 5.74) is 9.29. The van der Waals surface area contributed by atoms with Gasteiger partial charge in [-0.3, -0.25) is 0 Å². The maximum atomic E-state index is 6.20. The van der Waals surface area contributed by atoms with Gasteiger partial charge in [0.1, 0.15) is 17.0 Å². The Kier molecular flexibility index (Phi) is 3.02. The van der Waals surface area contributed by atoms with Gasteiger partial charge < -0.3 is 10.5 Å². The molecule has 1 heterocycles. The SMILES string of the molecule is CC(C)Oc1cccc(-n2nnc3ccccc32)c1N. The summed E-state index contributed by atoms with van der Waals surface area (Å²) < 4.78 is 7.44. The molecule has 0 aliphatic heterocycles. The molecule has 5 heteroatoms. The summed E-state index contributed by atoms with van der Waals surface area (Å²) >= 11 is 0. The maximum Gasteiger partial charge on any atom is 0.144 e. The van der Waals surface area contributed by atoms with Gasteiger partial charge >= 0.3 is 0 Å². The largest absolute Gasteiger partial charge is 0.489 e. The van der Waals surface area contributed by atoms with Gasteiger partial charge in [-0.1, -0.05) is 23.4 Å². The quantitative estimate of drug-likeness (QED) is 0.742. The highest BCUT2D eigenvalue weighted by Crippen LogP contribution is 2.30. The molecular weight excluding hydrogens is 252 g/mol. The Morgan fingerprint density at radius 1 is 1.10 bits per heavy atom. The molecule has 5 nitrogen and oxygen atoms in total. The van der Waals surface area contributed by atoms with E-state index < -0.39 is 0 Å². The fraction of sp³-hybridized carbons (Fsp3) is 0.200. The van der Waals surface area contributed by atoms with E-state index in [9.17, 15) is 0 Å². The van der Waals surface area contributed by atoms with Crippen molar-refractivity contribution in [2.75, 3.05) is 5.73 Å². The Labute approximate surface area is 117 Å². The van der Waals surface area contributed by atoms with Crippen LogP contribution in [-0.4, -0.2) is 21.1 Å². The number of fused-ring (bicyclic) bond motifs is 1. The first kappa shape index (κ1) is 12.5. The van der Waals surface area contributed by atoms with Crippen molar-refractivity contribution in [2.45, 2.75) is 20.0 Å². The molecule has 2 N–H and O–H groups in total. The Balaban J connectivity index is 2.15. The second-order valence-electron chi connectivity index (χ2n) is 4.85. The monoisotopic (exact) mass is 268 g/mol. The standard InChI is InChI=1S/C15H16N4O/c1-10(2)20-14-9-5-8-13(15(14)16)19-12-7-4-3-6-11(12)17-18-19/h3-10H,16H2,1-2H3. The second-order valence-corrected chi connectivity index (χ2v) is 4.85. The number of aromatic nitrogens is 3. The molecule has 20 heavy (non-hydrogen) atoms. The van der Waals surface area contributed by atoms with Crippen LogP contribution in [0.2, 0.25) is 0 Å². The molecule has 3 rings (SSSR count). The average Bonchev–Trinajstić information content (AvgIpc) is 2.85. The zero-order valence-corrected chi connectivity index (χ0v) is 11.4. The first-order valence-corrected chi connectivity index (χ1v) is 6.53. The smallest absolute Gasteiger partial charge is 0.144 e. The van der Waals surface area contributed by atoms with Crippen LogP contribution in [0.4, 0.5) is 5.69 Å². The summed E-state index contributed by atoms with van der Waals surface area (Å²) in [5.74, 6) is 0.664. The van der Waals surface area contributed by atoms with E-state index in [1.54, 1.807) is 4.68 Å².